The Hall–Kier alpha value is -1.59. The Morgan fingerprint density at radius 3 is 0.754 bits per heavy atom. The lowest BCUT2D eigenvalue weighted by molar-refractivity contribution is -0.167. The van der Waals surface area contributed by atoms with Gasteiger partial charge in [-0.05, 0) is 31.1 Å². The molecule has 0 unspecified atom stereocenters. The highest BCUT2D eigenvalue weighted by atomic mass is 16.6. The van der Waals surface area contributed by atoms with Gasteiger partial charge in [0.05, 0.1) is 0 Å². The minimum absolute atomic E-state index is 0.0631. The number of carbonyl (C=O) groups is 3. The van der Waals surface area contributed by atoms with Crippen molar-refractivity contribution in [2.45, 2.75) is 336 Å². The molecule has 0 aliphatic carbocycles. The van der Waals surface area contributed by atoms with Crippen LogP contribution in [-0.2, 0) is 28.6 Å². The molecule has 6 nitrogen and oxygen atoms in total. The summed E-state index contributed by atoms with van der Waals surface area (Å²) >= 11 is 0. The molecule has 0 heterocycles. The lowest BCUT2D eigenvalue weighted by Gasteiger charge is -2.18. The maximum atomic E-state index is 12.8. The van der Waals surface area contributed by atoms with E-state index >= 15 is 0 Å². The van der Waals surface area contributed by atoms with Gasteiger partial charge in [0.15, 0.2) is 6.10 Å². The normalized spacial score (nSPS) is 12.0. The van der Waals surface area contributed by atoms with Crippen LogP contribution >= 0.6 is 0 Å². The van der Waals surface area contributed by atoms with Gasteiger partial charge in [-0.2, -0.15) is 0 Å². The van der Waals surface area contributed by atoms with Crippen LogP contribution in [0.3, 0.4) is 0 Å². The highest BCUT2D eigenvalue weighted by Gasteiger charge is 2.19. The van der Waals surface area contributed by atoms with Crippen molar-refractivity contribution in [3.63, 3.8) is 0 Å². The summed E-state index contributed by atoms with van der Waals surface area (Å²) in [6, 6.07) is 0. The van der Waals surface area contributed by atoms with E-state index in [4.69, 9.17) is 14.2 Å². The molecule has 0 aliphatic heterocycles. The summed E-state index contributed by atoms with van der Waals surface area (Å²) in [4.78, 5) is 38.1. The number of hydrogen-bond acceptors (Lipinski definition) is 6. The fraction of sp³-hybridized carbons (Fsp3) is 0.949. The topological polar surface area (TPSA) is 78.9 Å². The molecule has 0 amide bonds. The predicted octanol–water partition coefficient (Wildman–Crippen LogP) is 19.3. The van der Waals surface area contributed by atoms with Gasteiger partial charge in [-0.15, -0.1) is 0 Å². The van der Waals surface area contributed by atoms with Crippen LogP contribution in [0.2, 0.25) is 0 Å². The standard InChI is InChI=1S/C59H114O6/c1-6-7-8-9-10-11-12-13-14-15-16-17-18-21-24-29-34-39-44-49-57(60)63-52-56(65-59(62)51-46-41-36-31-26-28-33-38-43-48-55(4)5)53-64-58(61)50-45-40-35-30-25-22-19-20-23-27-32-37-42-47-54(2)3/h54-56H,6-53H2,1-5H3/t56-/m0/s1. The van der Waals surface area contributed by atoms with Gasteiger partial charge in [0.2, 0.25) is 0 Å². The van der Waals surface area contributed by atoms with E-state index in [0.29, 0.717) is 19.3 Å². The summed E-state index contributed by atoms with van der Waals surface area (Å²) in [5, 5.41) is 0. The number of hydrogen-bond donors (Lipinski definition) is 0. The van der Waals surface area contributed by atoms with E-state index in [1.165, 1.54) is 218 Å². The molecule has 0 saturated heterocycles. The fourth-order valence-electron chi connectivity index (χ4n) is 9.05. The summed E-state index contributed by atoms with van der Waals surface area (Å²) in [5.74, 6) is 0.804. The predicted molar refractivity (Wildman–Crippen MR) is 280 cm³/mol. The van der Waals surface area contributed by atoms with E-state index in [1.807, 2.05) is 0 Å². The molecular weight excluding hydrogens is 805 g/mol. The Balaban J connectivity index is 4.25. The molecule has 0 bridgehead atoms. The van der Waals surface area contributed by atoms with Gasteiger partial charge in [-0.1, -0.05) is 291 Å². The lowest BCUT2D eigenvalue weighted by Crippen LogP contribution is -2.30. The molecule has 0 rings (SSSR count). The second-order valence-electron chi connectivity index (χ2n) is 21.2. The highest BCUT2D eigenvalue weighted by Crippen LogP contribution is 2.18. The summed E-state index contributed by atoms with van der Waals surface area (Å²) in [6.07, 6.45) is 55.3. The van der Waals surface area contributed by atoms with E-state index < -0.39 is 6.10 Å². The largest absolute Gasteiger partial charge is 0.462 e. The third-order valence-electron chi connectivity index (χ3n) is 13.5. The summed E-state index contributed by atoms with van der Waals surface area (Å²) in [7, 11) is 0. The van der Waals surface area contributed by atoms with Crippen LogP contribution in [0, 0.1) is 11.8 Å². The second kappa shape index (κ2) is 51.8. The Kier molecular flexibility index (Phi) is 50.5. The molecule has 0 spiro atoms. The first kappa shape index (κ1) is 63.4. The Morgan fingerprint density at radius 1 is 0.292 bits per heavy atom. The van der Waals surface area contributed by atoms with E-state index in [-0.39, 0.29) is 31.1 Å². The zero-order valence-electron chi connectivity index (χ0n) is 44.6. The molecule has 0 N–H and O–H groups in total. The first-order valence-electron chi connectivity index (χ1n) is 29.2. The second-order valence-corrected chi connectivity index (χ2v) is 21.2. The van der Waals surface area contributed by atoms with E-state index in [0.717, 1.165) is 69.6 Å². The van der Waals surface area contributed by atoms with Crippen LogP contribution in [0.25, 0.3) is 0 Å². The van der Waals surface area contributed by atoms with Crippen molar-refractivity contribution in [3.8, 4) is 0 Å². The first-order valence-corrected chi connectivity index (χ1v) is 29.2. The van der Waals surface area contributed by atoms with Crippen molar-refractivity contribution in [2.75, 3.05) is 13.2 Å². The number of ether oxygens (including phenoxy) is 3. The van der Waals surface area contributed by atoms with Crippen LogP contribution in [0.1, 0.15) is 330 Å². The van der Waals surface area contributed by atoms with Gasteiger partial charge >= 0.3 is 17.9 Å². The zero-order valence-corrected chi connectivity index (χ0v) is 44.6. The number of rotatable bonds is 53. The van der Waals surface area contributed by atoms with Crippen molar-refractivity contribution in [2.24, 2.45) is 11.8 Å². The first-order chi connectivity index (χ1) is 31.7. The Morgan fingerprint density at radius 2 is 0.508 bits per heavy atom. The average Bonchev–Trinajstić information content (AvgIpc) is 3.28. The van der Waals surface area contributed by atoms with Crippen LogP contribution in [0.5, 0.6) is 0 Å². The van der Waals surface area contributed by atoms with Gasteiger partial charge in [0.25, 0.3) is 0 Å². The van der Waals surface area contributed by atoms with Gasteiger partial charge in [0, 0.05) is 19.3 Å². The molecule has 0 saturated carbocycles. The van der Waals surface area contributed by atoms with Crippen molar-refractivity contribution in [3.05, 3.63) is 0 Å². The quantitative estimate of drug-likeness (QED) is 0.0344. The van der Waals surface area contributed by atoms with E-state index in [9.17, 15) is 14.4 Å². The van der Waals surface area contributed by atoms with E-state index in [1.54, 1.807) is 0 Å². The fourth-order valence-corrected chi connectivity index (χ4v) is 9.05. The van der Waals surface area contributed by atoms with Crippen molar-refractivity contribution < 1.29 is 28.6 Å². The number of esters is 3. The third-order valence-corrected chi connectivity index (χ3v) is 13.5. The van der Waals surface area contributed by atoms with E-state index in [2.05, 4.69) is 34.6 Å². The lowest BCUT2D eigenvalue weighted by atomic mass is 10.0. The average molecular weight is 920 g/mol. The summed E-state index contributed by atoms with van der Waals surface area (Å²) in [6.45, 7) is 11.4. The molecule has 0 radical (unpaired) electrons. The minimum atomic E-state index is -0.763. The molecule has 1 atom stereocenters. The molecule has 0 fully saturated rings. The minimum Gasteiger partial charge on any atom is -0.462 e. The Bertz CT molecular complexity index is 993. The summed E-state index contributed by atoms with van der Waals surface area (Å²) in [5.41, 5.74) is 0. The smallest absolute Gasteiger partial charge is 0.306 e. The molecule has 0 aliphatic rings. The third kappa shape index (κ3) is 53.2. The highest BCUT2D eigenvalue weighted by molar-refractivity contribution is 5.71. The molecule has 0 aromatic rings. The van der Waals surface area contributed by atoms with Crippen LogP contribution < -0.4 is 0 Å². The summed E-state index contributed by atoms with van der Waals surface area (Å²) < 4.78 is 16.9. The molecule has 0 aromatic heterocycles. The molecule has 386 valence electrons. The number of carbonyl (C=O) groups excluding carboxylic acids is 3. The zero-order chi connectivity index (χ0) is 47.5. The van der Waals surface area contributed by atoms with Gasteiger partial charge < -0.3 is 14.2 Å². The van der Waals surface area contributed by atoms with Crippen LogP contribution in [-0.4, -0.2) is 37.2 Å². The van der Waals surface area contributed by atoms with Crippen LogP contribution in [0.15, 0.2) is 0 Å². The van der Waals surface area contributed by atoms with Crippen molar-refractivity contribution in [1.82, 2.24) is 0 Å². The molecule has 0 aromatic carbocycles. The number of unbranched alkanes of at least 4 members (excludes halogenated alkanes) is 38. The van der Waals surface area contributed by atoms with Gasteiger partial charge in [-0.25, -0.2) is 0 Å². The maximum absolute atomic E-state index is 12.8. The molecule has 6 heteroatoms. The SMILES string of the molecule is CCCCCCCCCCCCCCCCCCCCCC(=O)OC[C@@H](COC(=O)CCCCCCCCCCCCCCCC(C)C)OC(=O)CCCCCCCCCCCC(C)C. The van der Waals surface area contributed by atoms with Gasteiger partial charge in [-0.3, -0.25) is 14.4 Å². The van der Waals surface area contributed by atoms with Crippen molar-refractivity contribution in [1.29, 1.82) is 0 Å². The van der Waals surface area contributed by atoms with Gasteiger partial charge in [0.1, 0.15) is 13.2 Å². The molecular formula is C59H114O6. The maximum Gasteiger partial charge on any atom is 0.306 e. The monoisotopic (exact) mass is 919 g/mol. The van der Waals surface area contributed by atoms with Crippen molar-refractivity contribution >= 4 is 17.9 Å². The molecule has 65 heavy (non-hydrogen) atoms. The van der Waals surface area contributed by atoms with Crippen LogP contribution in [0.4, 0.5) is 0 Å². The Labute approximate surface area is 406 Å².